The summed E-state index contributed by atoms with van der Waals surface area (Å²) in [5.41, 5.74) is 12.2. The summed E-state index contributed by atoms with van der Waals surface area (Å²) in [5, 5.41) is 1.27. The molecule has 0 unspecified atom stereocenters. The van der Waals surface area contributed by atoms with E-state index in [0.29, 0.717) is 6.54 Å². The third kappa shape index (κ3) is 2.35. The van der Waals surface area contributed by atoms with Gasteiger partial charge in [0.15, 0.2) is 0 Å². The Morgan fingerprint density at radius 3 is 2.45 bits per heavy atom. The van der Waals surface area contributed by atoms with Crippen molar-refractivity contribution in [2.24, 2.45) is 5.73 Å². The number of nitrogens with two attached hydrogens (primary N) is 1. The summed E-state index contributed by atoms with van der Waals surface area (Å²) >= 11 is 0. The predicted octanol–water partition coefficient (Wildman–Crippen LogP) is 3.77. The molecule has 2 nitrogen and oxygen atoms in total. The molecule has 0 amide bonds. The Bertz CT molecular complexity index is 753. The van der Waals surface area contributed by atoms with Crippen LogP contribution in [0.1, 0.15) is 22.3 Å². The SMILES string of the molecule is Cc1ccc(Cn2ccc3ccc(CN)cc32)cc1C. The summed E-state index contributed by atoms with van der Waals surface area (Å²) in [6, 6.07) is 15.3. The second-order valence-electron chi connectivity index (χ2n) is 5.46. The minimum absolute atomic E-state index is 0.588. The summed E-state index contributed by atoms with van der Waals surface area (Å²) in [7, 11) is 0. The fourth-order valence-electron chi connectivity index (χ4n) is 2.59. The van der Waals surface area contributed by atoms with E-state index in [1.165, 1.54) is 33.2 Å². The summed E-state index contributed by atoms with van der Waals surface area (Å²) in [4.78, 5) is 0. The highest BCUT2D eigenvalue weighted by molar-refractivity contribution is 5.81. The Balaban J connectivity index is 1.99. The van der Waals surface area contributed by atoms with E-state index in [0.717, 1.165) is 6.54 Å². The highest BCUT2D eigenvalue weighted by atomic mass is 14.9. The van der Waals surface area contributed by atoms with E-state index in [9.17, 15) is 0 Å². The van der Waals surface area contributed by atoms with Gasteiger partial charge in [0.2, 0.25) is 0 Å². The van der Waals surface area contributed by atoms with Gasteiger partial charge >= 0.3 is 0 Å². The maximum atomic E-state index is 5.74. The van der Waals surface area contributed by atoms with Gasteiger partial charge in [-0.25, -0.2) is 0 Å². The van der Waals surface area contributed by atoms with Gasteiger partial charge in [-0.2, -0.15) is 0 Å². The van der Waals surface area contributed by atoms with Crippen molar-refractivity contribution in [3.05, 3.63) is 70.9 Å². The number of hydrogen-bond donors (Lipinski definition) is 1. The molecule has 0 spiro atoms. The van der Waals surface area contributed by atoms with Gasteiger partial charge in [-0.15, -0.1) is 0 Å². The number of aryl methyl sites for hydroxylation is 2. The van der Waals surface area contributed by atoms with Crippen LogP contribution in [0.3, 0.4) is 0 Å². The maximum Gasteiger partial charge on any atom is 0.0486 e. The van der Waals surface area contributed by atoms with Crippen LogP contribution in [0.5, 0.6) is 0 Å². The van der Waals surface area contributed by atoms with Crippen LogP contribution in [0.25, 0.3) is 10.9 Å². The fourth-order valence-corrected chi connectivity index (χ4v) is 2.59. The normalized spacial score (nSPS) is 11.2. The zero-order valence-corrected chi connectivity index (χ0v) is 12.1. The molecule has 0 fully saturated rings. The third-order valence-electron chi connectivity index (χ3n) is 4.00. The second kappa shape index (κ2) is 5.14. The van der Waals surface area contributed by atoms with Gasteiger partial charge in [0.25, 0.3) is 0 Å². The fraction of sp³-hybridized carbons (Fsp3) is 0.222. The summed E-state index contributed by atoms with van der Waals surface area (Å²) < 4.78 is 2.29. The van der Waals surface area contributed by atoms with Gasteiger partial charge in [-0.3, -0.25) is 0 Å². The Kier molecular flexibility index (Phi) is 3.33. The highest BCUT2D eigenvalue weighted by Crippen LogP contribution is 2.20. The molecular formula is C18H20N2. The van der Waals surface area contributed by atoms with Crippen molar-refractivity contribution in [1.82, 2.24) is 4.57 Å². The van der Waals surface area contributed by atoms with E-state index in [4.69, 9.17) is 5.73 Å². The average molecular weight is 264 g/mol. The number of nitrogens with zero attached hydrogens (tertiary/aromatic N) is 1. The Hall–Kier alpha value is -2.06. The van der Waals surface area contributed by atoms with Crippen LogP contribution < -0.4 is 5.73 Å². The van der Waals surface area contributed by atoms with E-state index in [-0.39, 0.29) is 0 Å². The molecular weight excluding hydrogens is 244 g/mol. The Morgan fingerprint density at radius 1 is 0.900 bits per heavy atom. The molecule has 0 saturated heterocycles. The first-order valence-corrected chi connectivity index (χ1v) is 7.01. The van der Waals surface area contributed by atoms with Crippen LogP contribution in [0.15, 0.2) is 48.7 Å². The first kappa shape index (κ1) is 12.9. The molecule has 1 aromatic heterocycles. The van der Waals surface area contributed by atoms with Crippen LogP contribution in [-0.2, 0) is 13.1 Å². The quantitative estimate of drug-likeness (QED) is 0.767. The van der Waals surface area contributed by atoms with Crippen molar-refractivity contribution in [2.45, 2.75) is 26.9 Å². The zero-order valence-electron chi connectivity index (χ0n) is 12.1. The molecule has 2 heteroatoms. The van der Waals surface area contributed by atoms with Crippen molar-refractivity contribution in [3.63, 3.8) is 0 Å². The second-order valence-corrected chi connectivity index (χ2v) is 5.46. The standard InChI is InChI=1S/C18H20N2/c1-13-3-4-16(9-14(13)2)12-20-8-7-17-6-5-15(11-19)10-18(17)20/h3-10H,11-12,19H2,1-2H3. The van der Waals surface area contributed by atoms with Crippen molar-refractivity contribution in [2.75, 3.05) is 0 Å². The molecule has 2 aromatic carbocycles. The minimum atomic E-state index is 0.588. The number of fused-ring (bicyclic) bond motifs is 1. The number of rotatable bonds is 3. The van der Waals surface area contributed by atoms with Gasteiger partial charge < -0.3 is 10.3 Å². The van der Waals surface area contributed by atoms with E-state index >= 15 is 0 Å². The molecule has 0 radical (unpaired) electrons. The minimum Gasteiger partial charge on any atom is -0.343 e. The van der Waals surface area contributed by atoms with Gasteiger partial charge in [-0.05, 0) is 53.6 Å². The molecule has 0 bridgehead atoms. The molecule has 0 atom stereocenters. The highest BCUT2D eigenvalue weighted by Gasteiger charge is 2.04. The van der Waals surface area contributed by atoms with Crippen LogP contribution in [0, 0.1) is 13.8 Å². The van der Waals surface area contributed by atoms with Crippen LogP contribution >= 0.6 is 0 Å². The first-order valence-electron chi connectivity index (χ1n) is 7.01. The van der Waals surface area contributed by atoms with E-state index in [2.05, 4.69) is 67.1 Å². The number of benzene rings is 2. The van der Waals surface area contributed by atoms with Crippen molar-refractivity contribution < 1.29 is 0 Å². The van der Waals surface area contributed by atoms with E-state index in [1.807, 2.05) is 0 Å². The summed E-state index contributed by atoms with van der Waals surface area (Å²) in [6.45, 7) is 5.81. The lowest BCUT2D eigenvalue weighted by Gasteiger charge is -2.09. The smallest absolute Gasteiger partial charge is 0.0486 e. The molecule has 0 aliphatic rings. The van der Waals surface area contributed by atoms with Gasteiger partial charge in [0, 0.05) is 24.8 Å². The third-order valence-corrected chi connectivity index (χ3v) is 4.00. The van der Waals surface area contributed by atoms with Crippen LogP contribution in [-0.4, -0.2) is 4.57 Å². The monoisotopic (exact) mass is 264 g/mol. The van der Waals surface area contributed by atoms with Gasteiger partial charge in [-0.1, -0.05) is 30.3 Å². The molecule has 2 N–H and O–H groups in total. The zero-order chi connectivity index (χ0) is 14.1. The molecule has 3 rings (SSSR count). The molecule has 102 valence electrons. The molecule has 3 aromatic rings. The topological polar surface area (TPSA) is 30.9 Å². The predicted molar refractivity (Wildman–Crippen MR) is 84.8 cm³/mol. The Labute approximate surface area is 119 Å². The molecule has 0 aliphatic carbocycles. The maximum absolute atomic E-state index is 5.74. The average Bonchev–Trinajstić information content (AvgIpc) is 2.85. The van der Waals surface area contributed by atoms with Crippen molar-refractivity contribution in [3.8, 4) is 0 Å². The van der Waals surface area contributed by atoms with Gasteiger partial charge in [0.05, 0.1) is 0 Å². The van der Waals surface area contributed by atoms with E-state index < -0.39 is 0 Å². The van der Waals surface area contributed by atoms with Crippen LogP contribution in [0.2, 0.25) is 0 Å². The van der Waals surface area contributed by atoms with Gasteiger partial charge in [0.1, 0.15) is 0 Å². The lowest BCUT2D eigenvalue weighted by atomic mass is 10.1. The van der Waals surface area contributed by atoms with E-state index in [1.54, 1.807) is 0 Å². The lowest BCUT2D eigenvalue weighted by Crippen LogP contribution is -2.00. The largest absolute Gasteiger partial charge is 0.343 e. The molecule has 0 saturated carbocycles. The Morgan fingerprint density at radius 2 is 1.70 bits per heavy atom. The summed E-state index contributed by atoms with van der Waals surface area (Å²) in [6.07, 6.45) is 2.15. The molecule has 0 aliphatic heterocycles. The summed E-state index contributed by atoms with van der Waals surface area (Å²) in [5.74, 6) is 0. The lowest BCUT2D eigenvalue weighted by molar-refractivity contribution is 0.834. The van der Waals surface area contributed by atoms with Crippen molar-refractivity contribution >= 4 is 10.9 Å². The number of hydrogen-bond acceptors (Lipinski definition) is 1. The first-order chi connectivity index (χ1) is 9.67. The van der Waals surface area contributed by atoms with Crippen molar-refractivity contribution in [1.29, 1.82) is 0 Å². The molecule has 20 heavy (non-hydrogen) atoms. The number of aromatic nitrogens is 1. The molecule has 1 heterocycles. The van der Waals surface area contributed by atoms with Crippen LogP contribution in [0.4, 0.5) is 0 Å².